The van der Waals surface area contributed by atoms with Gasteiger partial charge in [0.05, 0.1) is 0 Å². The van der Waals surface area contributed by atoms with Crippen molar-refractivity contribution in [2.75, 3.05) is 5.32 Å². The van der Waals surface area contributed by atoms with Crippen molar-refractivity contribution in [1.29, 1.82) is 0 Å². The Kier molecular flexibility index (Phi) is 5.40. The molecule has 0 amide bonds. The molecule has 0 atom stereocenters. The summed E-state index contributed by atoms with van der Waals surface area (Å²) >= 11 is 12.7. The monoisotopic (exact) mass is 374 g/mol. The average Bonchev–Trinajstić information content (AvgIpc) is 3.11. The van der Waals surface area contributed by atoms with Crippen LogP contribution >= 0.6 is 35.4 Å². The molecule has 0 saturated carbocycles. The molecule has 7 heteroatoms. The Morgan fingerprint density at radius 1 is 1.21 bits per heavy atom. The smallest absolute Gasteiger partial charge is 0.171 e. The van der Waals surface area contributed by atoms with E-state index < -0.39 is 0 Å². The van der Waals surface area contributed by atoms with Gasteiger partial charge in [-0.2, -0.15) is 0 Å². The van der Waals surface area contributed by atoms with Crippen LogP contribution in [0.2, 0.25) is 5.02 Å². The maximum absolute atomic E-state index is 5.96. The van der Waals surface area contributed by atoms with Gasteiger partial charge in [0.2, 0.25) is 0 Å². The van der Waals surface area contributed by atoms with Crippen LogP contribution in [-0.4, -0.2) is 14.7 Å². The highest BCUT2D eigenvalue weighted by molar-refractivity contribution is 7.80. The minimum atomic E-state index is 0.577. The van der Waals surface area contributed by atoms with E-state index in [-0.39, 0.29) is 0 Å². The summed E-state index contributed by atoms with van der Waals surface area (Å²) in [6.07, 6.45) is 0. The first-order valence-electron chi connectivity index (χ1n) is 7.29. The first kappa shape index (κ1) is 16.8. The van der Waals surface area contributed by atoms with Crippen molar-refractivity contribution in [3.05, 3.63) is 64.0 Å². The fraction of sp³-hybridized carbons (Fsp3) is 0.118. The molecule has 0 aliphatic rings. The average molecular weight is 375 g/mol. The number of nitrogens with zero attached hydrogens (tertiary/aromatic N) is 2. The molecule has 2 aromatic carbocycles. The largest absolute Gasteiger partial charge is 0.358 e. The van der Waals surface area contributed by atoms with Crippen molar-refractivity contribution in [1.82, 2.24) is 14.9 Å². The van der Waals surface area contributed by atoms with Gasteiger partial charge in [-0.1, -0.05) is 40.4 Å². The molecule has 2 N–H and O–H groups in total. The topological polar surface area (TPSA) is 49.8 Å². The number of anilines is 1. The Balaban J connectivity index is 1.56. The van der Waals surface area contributed by atoms with Crippen molar-refractivity contribution >= 4 is 46.2 Å². The summed E-state index contributed by atoms with van der Waals surface area (Å²) in [6, 6.07) is 13.8. The molecule has 0 spiro atoms. The molecular weight excluding hydrogens is 360 g/mol. The van der Waals surface area contributed by atoms with Crippen molar-refractivity contribution in [2.45, 2.75) is 13.5 Å². The van der Waals surface area contributed by atoms with Crippen LogP contribution in [0.5, 0.6) is 0 Å². The van der Waals surface area contributed by atoms with Gasteiger partial charge in [-0.15, -0.1) is 5.10 Å². The minimum absolute atomic E-state index is 0.577. The molecule has 122 valence electrons. The fourth-order valence-electron chi connectivity index (χ4n) is 2.20. The number of halogens is 1. The SMILES string of the molecule is Cc1cc(Cl)ccc1NC(=S)NCc1ccc(-c2csnn2)cc1. The van der Waals surface area contributed by atoms with Crippen LogP contribution < -0.4 is 10.6 Å². The van der Waals surface area contributed by atoms with E-state index >= 15 is 0 Å². The molecule has 0 saturated heterocycles. The molecule has 0 bridgehead atoms. The number of hydrogen-bond acceptors (Lipinski definition) is 4. The number of benzene rings is 2. The molecule has 4 nitrogen and oxygen atoms in total. The van der Waals surface area contributed by atoms with E-state index in [9.17, 15) is 0 Å². The molecule has 0 radical (unpaired) electrons. The Morgan fingerprint density at radius 3 is 2.67 bits per heavy atom. The summed E-state index contributed by atoms with van der Waals surface area (Å²) in [7, 11) is 0. The summed E-state index contributed by atoms with van der Waals surface area (Å²) in [5.74, 6) is 0. The lowest BCUT2D eigenvalue weighted by Crippen LogP contribution is -2.28. The van der Waals surface area contributed by atoms with Crippen LogP contribution in [0.3, 0.4) is 0 Å². The third-order valence-electron chi connectivity index (χ3n) is 3.50. The lowest BCUT2D eigenvalue weighted by molar-refractivity contribution is 0.926. The Labute approximate surface area is 155 Å². The lowest BCUT2D eigenvalue weighted by Gasteiger charge is -2.13. The second-order valence-electron chi connectivity index (χ2n) is 5.25. The number of hydrogen-bond donors (Lipinski definition) is 2. The maximum Gasteiger partial charge on any atom is 0.171 e. The highest BCUT2D eigenvalue weighted by atomic mass is 35.5. The van der Waals surface area contributed by atoms with E-state index in [0.29, 0.717) is 16.7 Å². The summed E-state index contributed by atoms with van der Waals surface area (Å²) < 4.78 is 3.88. The van der Waals surface area contributed by atoms with Crippen LogP contribution in [0.25, 0.3) is 11.3 Å². The number of nitrogens with one attached hydrogen (secondary N) is 2. The minimum Gasteiger partial charge on any atom is -0.358 e. The van der Waals surface area contributed by atoms with Gasteiger partial charge in [0, 0.05) is 28.2 Å². The molecule has 0 fully saturated rings. The molecule has 0 aliphatic heterocycles. The molecule has 1 aromatic heterocycles. The van der Waals surface area contributed by atoms with Crippen molar-refractivity contribution in [2.24, 2.45) is 0 Å². The van der Waals surface area contributed by atoms with E-state index in [4.69, 9.17) is 23.8 Å². The zero-order valence-electron chi connectivity index (χ0n) is 12.9. The summed E-state index contributed by atoms with van der Waals surface area (Å²) in [5, 5.41) is 13.7. The highest BCUT2D eigenvalue weighted by Gasteiger charge is 2.03. The molecule has 1 heterocycles. The van der Waals surface area contributed by atoms with Crippen LogP contribution in [0.4, 0.5) is 5.69 Å². The molecule has 24 heavy (non-hydrogen) atoms. The fourth-order valence-corrected chi connectivity index (χ4v) is 3.07. The third kappa shape index (κ3) is 4.29. The van der Waals surface area contributed by atoms with Gasteiger partial charge in [-0.3, -0.25) is 0 Å². The molecule has 3 rings (SSSR count). The molecule has 0 aliphatic carbocycles. The maximum atomic E-state index is 5.96. The van der Waals surface area contributed by atoms with Crippen LogP contribution in [-0.2, 0) is 6.54 Å². The standard InChI is InChI=1S/C17H15ClN4S2/c1-11-8-14(18)6-7-15(11)20-17(23)19-9-12-2-4-13(5-3-12)16-10-24-22-21-16/h2-8,10H,9H2,1H3,(H2,19,20,23). The Hall–Kier alpha value is -2.02. The van der Waals surface area contributed by atoms with Gasteiger partial charge in [0.1, 0.15) is 5.69 Å². The second-order valence-corrected chi connectivity index (χ2v) is 6.71. The van der Waals surface area contributed by atoms with E-state index in [0.717, 1.165) is 28.1 Å². The molecular formula is C17H15ClN4S2. The highest BCUT2D eigenvalue weighted by Crippen LogP contribution is 2.20. The number of rotatable bonds is 4. The Morgan fingerprint density at radius 2 is 2.00 bits per heavy atom. The van der Waals surface area contributed by atoms with Gasteiger partial charge in [-0.25, -0.2) is 0 Å². The predicted molar refractivity (Wildman–Crippen MR) is 105 cm³/mol. The summed E-state index contributed by atoms with van der Waals surface area (Å²) in [6.45, 7) is 2.64. The zero-order valence-corrected chi connectivity index (χ0v) is 15.3. The van der Waals surface area contributed by atoms with Crippen LogP contribution in [0.15, 0.2) is 47.8 Å². The van der Waals surface area contributed by atoms with Crippen LogP contribution in [0, 0.1) is 6.92 Å². The zero-order chi connectivity index (χ0) is 16.9. The first-order valence-corrected chi connectivity index (χ1v) is 8.91. The normalized spacial score (nSPS) is 10.4. The summed E-state index contributed by atoms with van der Waals surface area (Å²) in [4.78, 5) is 0. The number of aromatic nitrogens is 2. The van der Waals surface area contributed by atoms with Crippen molar-refractivity contribution in [3.63, 3.8) is 0 Å². The van der Waals surface area contributed by atoms with E-state index in [1.165, 1.54) is 11.5 Å². The van der Waals surface area contributed by atoms with Crippen LogP contribution in [0.1, 0.15) is 11.1 Å². The van der Waals surface area contributed by atoms with Crippen molar-refractivity contribution < 1.29 is 0 Å². The predicted octanol–water partition coefficient (Wildman–Crippen LogP) is 4.65. The van der Waals surface area contributed by atoms with E-state index in [1.807, 2.05) is 42.6 Å². The van der Waals surface area contributed by atoms with Gasteiger partial charge in [-0.05, 0) is 60.0 Å². The van der Waals surface area contributed by atoms with Crippen molar-refractivity contribution in [3.8, 4) is 11.3 Å². The molecule has 3 aromatic rings. The second kappa shape index (κ2) is 7.70. The third-order valence-corrected chi connectivity index (χ3v) is 4.49. The lowest BCUT2D eigenvalue weighted by atomic mass is 10.1. The number of thiocarbonyl (C=S) groups is 1. The quantitative estimate of drug-likeness (QED) is 0.651. The number of aryl methyl sites for hydroxylation is 1. The van der Waals surface area contributed by atoms with E-state index in [2.05, 4.69) is 32.4 Å². The van der Waals surface area contributed by atoms with Gasteiger partial charge < -0.3 is 10.6 Å². The summed E-state index contributed by atoms with van der Waals surface area (Å²) in [5.41, 5.74) is 5.09. The van der Waals surface area contributed by atoms with Gasteiger partial charge >= 0.3 is 0 Å². The van der Waals surface area contributed by atoms with E-state index in [1.54, 1.807) is 0 Å². The first-order chi connectivity index (χ1) is 11.6. The van der Waals surface area contributed by atoms with Gasteiger partial charge in [0.15, 0.2) is 5.11 Å². The molecule has 0 unspecified atom stereocenters. The van der Waals surface area contributed by atoms with Gasteiger partial charge in [0.25, 0.3) is 0 Å². The Bertz CT molecular complexity index is 832.